The average molecular weight is 431 g/mol. The molecule has 158 valence electrons. The zero-order chi connectivity index (χ0) is 21.8. The number of carbonyl (C=O) groups excluding carboxylic acids is 2. The van der Waals surface area contributed by atoms with Crippen molar-refractivity contribution in [2.24, 2.45) is 0 Å². The first-order valence-corrected chi connectivity index (χ1v) is 10.2. The molecule has 8 heteroatoms. The van der Waals surface area contributed by atoms with E-state index in [2.05, 4.69) is 5.32 Å². The summed E-state index contributed by atoms with van der Waals surface area (Å²) >= 11 is 5.83. The van der Waals surface area contributed by atoms with Gasteiger partial charge in [-0.25, -0.2) is 9.37 Å². The summed E-state index contributed by atoms with van der Waals surface area (Å²) in [6, 6.07) is 8.22. The van der Waals surface area contributed by atoms with Crippen LogP contribution in [0.4, 0.5) is 15.8 Å². The number of piperazine rings is 1. The first-order chi connectivity index (χ1) is 14.0. The Morgan fingerprint density at radius 3 is 2.63 bits per heavy atom. The number of nitrogens with one attached hydrogen (secondary N) is 1. The summed E-state index contributed by atoms with van der Waals surface area (Å²) in [5, 5.41) is 2.87. The third-order valence-electron chi connectivity index (χ3n) is 5.89. The van der Waals surface area contributed by atoms with E-state index in [1.165, 1.54) is 12.1 Å². The second-order valence-corrected chi connectivity index (χ2v) is 9.31. The number of pyridine rings is 1. The molecule has 0 radical (unpaired) electrons. The number of fused-ring (bicyclic) bond motifs is 1. The molecule has 0 spiro atoms. The molecular weight excluding hydrogens is 407 g/mol. The number of amides is 2. The highest BCUT2D eigenvalue weighted by molar-refractivity contribution is 6.30. The van der Waals surface area contributed by atoms with Gasteiger partial charge in [-0.1, -0.05) is 25.4 Å². The van der Waals surface area contributed by atoms with Gasteiger partial charge >= 0.3 is 0 Å². The molecule has 2 aromatic rings. The second kappa shape index (κ2) is 6.94. The van der Waals surface area contributed by atoms with Crippen LogP contribution < -0.4 is 10.2 Å². The summed E-state index contributed by atoms with van der Waals surface area (Å²) in [4.78, 5) is 33.7. The van der Waals surface area contributed by atoms with Crippen LogP contribution in [0.3, 0.4) is 0 Å². The highest BCUT2D eigenvalue weighted by atomic mass is 35.5. The zero-order valence-electron chi connectivity index (χ0n) is 17.4. The molecule has 2 aliphatic rings. The van der Waals surface area contributed by atoms with Crippen molar-refractivity contribution in [2.75, 3.05) is 24.5 Å². The monoisotopic (exact) mass is 430 g/mol. The molecule has 1 aromatic carbocycles. The largest absolute Gasteiger partial charge is 0.352 e. The SMILES string of the molecule is CC1(C)CN(c2ccc(Cl)c(F)c2)c2ccc(C(=O)N3CCNC(=O)C3(C)C)nc21. The van der Waals surface area contributed by atoms with E-state index in [4.69, 9.17) is 16.6 Å². The Labute approximate surface area is 180 Å². The Hall–Kier alpha value is -2.67. The molecule has 2 aliphatic heterocycles. The first kappa shape index (κ1) is 20.6. The fourth-order valence-corrected chi connectivity index (χ4v) is 4.24. The molecule has 1 saturated heterocycles. The Morgan fingerprint density at radius 2 is 1.93 bits per heavy atom. The molecule has 0 atom stereocenters. The van der Waals surface area contributed by atoms with E-state index in [1.807, 2.05) is 24.8 Å². The summed E-state index contributed by atoms with van der Waals surface area (Å²) in [6.45, 7) is 8.97. The van der Waals surface area contributed by atoms with Gasteiger partial charge in [0.25, 0.3) is 5.91 Å². The van der Waals surface area contributed by atoms with Crippen LogP contribution in [0.25, 0.3) is 0 Å². The van der Waals surface area contributed by atoms with Gasteiger partial charge in [0.05, 0.1) is 16.4 Å². The Morgan fingerprint density at radius 1 is 1.20 bits per heavy atom. The van der Waals surface area contributed by atoms with E-state index in [9.17, 15) is 14.0 Å². The number of halogens is 2. The van der Waals surface area contributed by atoms with Crippen LogP contribution >= 0.6 is 11.6 Å². The minimum atomic E-state index is -0.946. The van der Waals surface area contributed by atoms with Crippen LogP contribution in [-0.4, -0.2) is 46.9 Å². The third-order valence-corrected chi connectivity index (χ3v) is 6.20. The Balaban J connectivity index is 1.71. The quantitative estimate of drug-likeness (QED) is 0.789. The molecule has 1 fully saturated rings. The van der Waals surface area contributed by atoms with E-state index in [1.54, 1.807) is 30.9 Å². The Bertz CT molecular complexity index is 1050. The number of carbonyl (C=O) groups is 2. The van der Waals surface area contributed by atoms with Gasteiger partial charge in [-0.2, -0.15) is 0 Å². The molecule has 0 bridgehead atoms. The van der Waals surface area contributed by atoms with Gasteiger partial charge in [0, 0.05) is 30.7 Å². The average Bonchev–Trinajstić information content (AvgIpc) is 2.96. The van der Waals surface area contributed by atoms with Crippen LogP contribution in [0.1, 0.15) is 43.9 Å². The number of anilines is 2. The van der Waals surface area contributed by atoms with E-state index in [-0.39, 0.29) is 22.3 Å². The summed E-state index contributed by atoms with van der Waals surface area (Å²) in [5.41, 5.74) is 1.28. The topological polar surface area (TPSA) is 65.5 Å². The minimum Gasteiger partial charge on any atom is -0.352 e. The molecule has 2 amide bonds. The number of benzene rings is 1. The standard InChI is InChI=1S/C22H24ClFN4O2/c1-21(2)12-27(13-5-6-14(23)15(24)11-13)17-8-7-16(26-18(17)21)19(29)28-10-9-25-20(30)22(28,3)4/h5-8,11H,9-10,12H2,1-4H3,(H,25,30). The molecule has 3 heterocycles. The molecule has 0 unspecified atom stereocenters. The lowest BCUT2D eigenvalue weighted by atomic mass is 9.91. The maximum Gasteiger partial charge on any atom is 0.273 e. The maximum atomic E-state index is 14.0. The van der Waals surface area contributed by atoms with Gasteiger partial charge in [0.1, 0.15) is 17.1 Å². The van der Waals surface area contributed by atoms with E-state index in [0.717, 1.165) is 11.4 Å². The van der Waals surface area contributed by atoms with Crippen molar-refractivity contribution in [3.05, 3.63) is 52.6 Å². The molecule has 1 N–H and O–H groups in total. The predicted molar refractivity (Wildman–Crippen MR) is 114 cm³/mol. The normalized spacial score (nSPS) is 19.5. The highest BCUT2D eigenvalue weighted by Crippen LogP contribution is 2.43. The lowest BCUT2D eigenvalue weighted by Crippen LogP contribution is -2.63. The molecule has 0 aliphatic carbocycles. The number of hydrogen-bond acceptors (Lipinski definition) is 4. The third kappa shape index (κ3) is 3.21. The van der Waals surface area contributed by atoms with Crippen LogP contribution in [0.15, 0.2) is 30.3 Å². The molecule has 30 heavy (non-hydrogen) atoms. The fourth-order valence-electron chi connectivity index (χ4n) is 4.12. The van der Waals surface area contributed by atoms with Crippen molar-refractivity contribution >= 4 is 34.8 Å². The molecule has 0 saturated carbocycles. The van der Waals surface area contributed by atoms with Crippen LogP contribution in [0.2, 0.25) is 5.02 Å². The van der Waals surface area contributed by atoms with Crippen molar-refractivity contribution in [3.63, 3.8) is 0 Å². The second-order valence-electron chi connectivity index (χ2n) is 8.90. The maximum absolute atomic E-state index is 14.0. The van der Waals surface area contributed by atoms with Gasteiger partial charge in [-0.3, -0.25) is 9.59 Å². The predicted octanol–water partition coefficient (Wildman–Crippen LogP) is 3.65. The van der Waals surface area contributed by atoms with Crippen LogP contribution in [0, 0.1) is 5.82 Å². The van der Waals surface area contributed by atoms with E-state index in [0.29, 0.717) is 31.0 Å². The number of nitrogens with zero attached hydrogens (tertiary/aromatic N) is 3. The minimum absolute atomic E-state index is 0.0738. The van der Waals surface area contributed by atoms with Gasteiger partial charge in [0.15, 0.2) is 0 Å². The van der Waals surface area contributed by atoms with Crippen molar-refractivity contribution < 1.29 is 14.0 Å². The fraction of sp³-hybridized carbons (Fsp3) is 0.409. The summed E-state index contributed by atoms with van der Waals surface area (Å²) in [7, 11) is 0. The van der Waals surface area contributed by atoms with Gasteiger partial charge in [-0.15, -0.1) is 0 Å². The molecule has 1 aromatic heterocycles. The summed E-state index contributed by atoms with van der Waals surface area (Å²) in [6.07, 6.45) is 0. The van der Waals surface area contributed by atoms with Crippen LogP contribution in [-0.2, 0) is 10.2 Å². The van der Waals surface area contributed by atoms with Crippen molar-refractivity contribution in [1.29, 1.82) is 0 Å². The van der Waals surface area contributed by atoms with Crippen LogP contribution in [0.5, 0.6) is 0 Å². The van der Waals surface area contributed by atoms with E-state index >= 15 is 0 Å². The smallest absolute Gasteiger partial charge is 0.273 e. The summed E-state index contributed by atoms with van der Waals surface area (Å²) in [5.74, 6) is -0.935. The zero-order valence-corrected chi connectivity index (χ0v) is 18.2. The number of aromatic nitrogens is 1. The highest BCUT2D eigenvalue weighted by Gasteiger charge is 2.42. The van der Waals surface area contributed by atoms with Gasteiger partial charge < -0.3 is 15.1 Å². The first-order valence-electron chi connectivity index (χ1n) is 9.87. The van der Waals surface area contributed by atoms with Crippen molar-refractivity contribution in [3.8, 4) is 0 Å². The lowest BCUT2D eigenvalue weighted by Gasteiger charge is -2.41. The molecule has 4 rings (SSSR count). The van der Waals surface area contributed by atoms with Gasteiger partial charge in [-0.05, 0) is 44.2 Å². The summed E-state index contributed by atoms with van der Waals surface area (Å²) < 4.78 is 14.0. The van der Waals surface area contributed by atoms with Crippen molar-refractivity contribution in [1.82, 2.24) is 15.2 Å². The lowest BCUT2D eigenvalue weighted by molar-refractivity contribution is -0.133. The Kier molecular flexibility index (Phi) is 4.77. The number of hydrogen-bond donors (Lipinski definition) is 1. The molecule has 6 nitrogen and oxygen atoms in total. The molecular formula is C22H24ClFN4O2. The van der Waals surface area contributed by atoms with Crippen molar-refractivity contribution in [2.45, 2.75) is 38.6 Å². The number of rotatable bonds is 2. The van der Waals surface area contributed by atoms with E-state index < -0.39 is 11.4 Å². The van der Waals surface area contributed by atoms with Gasteiger partial charge in [0.2, 0.25) is 5.91 Å².